The van der Waals surface area contributed by atoms with E-state index in [4.69, 9.17) is 15.2 Å². The lowest BCUT2D eigenvalue weighted by atomic mass is 9.86. The summed E-state index contributed by atoms with van der Waals surface area (Å²) < 4.78 is 11.4. The molecule has 13 heavy (non-hydrogen) atoms. The fraction of sp³-hybridized carbons (Fsp3) is 1.00. The molecule has 1 spiro atoms. The summed E-state index contributed by atoms with van der Waals surface area (Å²) in [5.41, 5.74) is 5.92. The van der Waals surface area contributed by atoms with Gasteiger partial charge in [0, 0.05) is 31.5 Å². The van der Waals surface area contributed by atoms with E-state index < -0.39 is 0 Å². The van der Waals surface area contributed by atoms with Gasteiger partial charge >= 0.3 is 0 Å². The van der Waals surface area contributed by atoms with Gasteiger partial charge in [0.1, 0.15) is 0 Å². The normalized spacial score (nSPS) is 35.1. The summed E-state index contributed by atoms with van der Waals surface area (Å²) in [6.07, 6.45) is 0.916. The number of piperidine rings is 1. The van der Waals surface area contributed by atoms with E-state index in [-0.39, 0.29) is 17.7 Å². The van der Waals surface area contributed by atoms with E-state index in [1.807, 2.05) is 6.92 Å². The number of hydrogen-bond donors (Lipinski definition) is 2. The minimum Gasteiger partial charge on any atom is -0.347 e. The molecule has 2 saturated heterocycles. The van der Waals surface area contributed by atoms with Crippen LogP contribution in [-0.2, 0) is 9.47 Å². The van der Waals surface area contributed by atoms with Gasteiger partial charge in [-0.2, -0.15) is 0 Å². The van der Waals surface area contributed by atoms with Crippen LogP contribution in [0.3, 0.4) is 0 Å². The zero-order chi connectivity index (χ0) is 9.31. The van der Waals surface area contributed by atoms with Crippen molar-refractivity contribution in [2.75, 3.05) is 26.3 Å². The molecule has 2 heterocycles. The molecule has 0 saturated carbocycles. The first kappa shape index (κ1) is 9.40. The number of nitrogens with one attached hydrogen (secondary N) is 1. The minimum absolute atomic E-state index is 0.117. The number of hydrogen-bond acceptors (Lipinski definition) is 4. The molecule has 2 rings (SSSR count). The maximum atomic E-state index is 5.92. The summed E-state index contributed by atoms with van der Waals surface area (Å²) in [7, 11) is 0. The van der Waals surface area contributed by atoms with E-state index in [0.717, 1.165) is 19.5 Å². The predicted octanol–water partition coefficient (Wildman–Crippen LogP) is -0.314. The Morgan fingerprint density at radius 1 is 1.46 bits per heavy atom. The van der Waals surface area contributed by atoms with Gasteiger partial charge in [-0.1, -0.05) is 0 Å². The Hall–Kier alpha value is -0.160. The molecule has 2 atom stereocenters. The van der Waals surface area contributed by atoms with Crippen molar-refractivity contribution in [3.63, 3.8) is 0 Å². The van der Waals surface area contributed by atoms with E-state index in [1.165, 1.54) is 0 Å². The van der Waals surface area contributed by atoms with Crippen LogP contribution in [0.15, 0.2) is 0 Å². The highest BCUT2D eigenvalue weighted by Gasteiger charge is 2.47. The Morgan fingerprint density at radius 3 is 2.77 bits per heavy atom. The summed E-state index contributed by atoms with van der Waals surface area (Å²) in [5.74, 6) is -0.0943. The lowest BCUT2D eigenvalue weighted by Crippen LogP contribution is -2.56. The van der Waals surface area contributed by atoms with Crippen molar-refractivity contribution in [1.29, 1.82) is 0 Å². The van der Waals surface area contributed by atoms with E-state index in [2.05, 4.69) is 5.32 Å². The second-order valence-electron chi connectivity index (χ2n) is 3.93. The van der Waals surface area contributed by atoms with Crippen molar-refractivity contribution < 1.29 is 9.47 Å². The van der Waals surface area contributed by atoms with Crippen LogP contribution in [0.1, 0.15) is 13.3 Å². The van der Waals surface area contributed by atoms with Crippen LogP contribution >= 0.6 is 0 Å². The van der Waals surface area contributed by atoms with Crippen molar-refractivity contribution in [1.82, 2.24) is 5.32 Å². The quantitative estimate of drug-likeness (QED) is 0.589. The van der Waals surface area contributed by atoms with Crippen LogP contribution in [0.25, 0.3) is 0 Å². The fourth-order valence-electron chi connectivity index (χ4n) is 2.28. The summed E-state index contributed by atoms with van der Waals surface area (Å²) in [4.78, 5) is 0. The van der Waals surface area contributed by atoms with Gasteiger partial charge in [0.15, 0.2) is 5.79 Å². The maximum absolute atomic E-state index is 5.92. The number of rotatable bonds is 1. The third-order valence-corrected chi connectivity index (χ3v) is 2.99. The maximum Gasteiger partial charge on any atom is 0.175 e. The molecule has 2 aliphatic rings. The summed E-state index contributed by atoms with van der Waals surface area (Å²) >= 11 is 0. The van der Waals surface area contributed by atoms with Crippen molar-refractivity contribution in [3.8, 4) is 0 Å². The highest BCUT2D eigenvalue weighted by atomic mass is 16.7. The van der Waals surface area contributed by atoms with Crippen molar-refractivity contribution in [2.45, 2.75) is 25.2 Å². The van der Waals surface area contributed by atoms with Crippen molar-refractivity contribution in [3.05, 3.63) is 0 Å². The van der Waals surface area contributed by atoms with Gasteiger partial charge in [0.25, 0.3) is 0 Å². The second kappa shape index (κ2) is 3.53. The van der Waals surface area contributed by atoms with Crippen LogP contribution in [0.5, 0.6) is 0 Å². The summed E-state index contributed by atoms with van der Waals surface area (Å²) in [5, 5.41) is 3.33. The lowest BCUT2D eigenvalue weighted by Gasteiger charge is -2.41. The smallest absolute Gasteiger partial charge is 0.175 e. The zero-order valence-corrected chi connectivity index (χ0v) is 8.08. The Kier molecular flexibility index (Phi) is 2.55. The van der Waals surface area contributed by atoms with Gasteiger partial charge in [0.05, 0.1) is 13.2 Å². The number of ether oxygens (including phenoxy) is 2. The third-order valence-electron chi connectivity index (χ3n) is 2.99. The first-order valence-electron chi connectivity index (χ1n) is 4.99. The first-order valence-corrected chi connectivity index (χ1v) is 4.99. The highest BCUT2D eigenvalue weighted by Crippen LogP contribution is 2.34. The molecule has 0 bridgehead atoms. The molecule has 2 unspecified atom stereocenters. The Bertz CT molecular complexity index is 178. The molecule has 0 amide bonds. The minimum atomic E-state index is -0.376. The lowest BCUT2D eigenvalue weighted by molar-refractivity contribution is -0.210. The Balaban J connectivity index is 2.12. The monoisotopic (exact) mass is 186 g/mol. The molecule has 76 valence electrons. The van der Waals surface area contributed by atoms with Crippen LogP contribution < -0.4 is 11.1 Å². The molecule has 2 fully saturated rings. The van der Waals surface area contributed by atoms with Gasteiger partial charge in [-0.05, 0) is 6.92 Å². The molecule has 0 radical (unpaired) electrons. The van der Waals surface area contributed by atoms with Gasteiger partial charge in [-0.3, -0.25) is 0 Å². The third kappa shape index (κ3) is 1.59. The molecule has 0 aromatic rings. The van der Waals surface area contributed by atoms with Gasteiger partial charge in [-0.15, -0.1) is 0 Å². The predicted molar refractivity (Wildman–Crippen MR) is 49.3 cm³/mol. The standard InChI is InChI=1S/C9H18N2O2/c1-7(10)8-6-11-3-2-9(8)12-4-5-13-9/h7-8,11H,2-6,10H2,1H3. The van der Waals surface area contributed by atoms with Crippen LogP contribution in [0.4, 0.5) is 0 Å². The topological polar surface area (TPSA) is 56.5 Å². The van der Waals surface area contributed by atoms with Crippen molar-refractivity contribution in [2.24, 2.45) is 11.7 Å². The second-order valence-corrected chi connectivity index (χ2v) is 3.93. The molecule has 0 aliphatic carbocycles. The molecule has 2 aliphatic heterocycles. The summed E-state index contributed by atoms with van der Waals surface area (Å²) in [6, 6.07) is 0.117. The molecule has 4 nitrogen and oxygen atoms in total. The molecule has 0 aromatic carbocycles. The fourth-order valence-corrected chi connectivity index (χ4v) is 2.28. The molecule has 3 N–H and O–H groups in total. The van der Waals surface area contributed by atoms with E-state index in [0.29, 0.717) is 13.2 Å². The first-order chi connectivity index (χ1) is 6.25. The van der Waals surface area contributed by atoms with Gasteiger partial charge in [-0.25, -0.2) is 0 Å². The van der Waals surface area contributed by atoms with Crippen LogP contribution in [-0.4, -0.2) is 38.1 Å². The molecule has 4 heteroatoms. The Labute approximate surface area is 78.8 Å². The van der Waals surface area contributed by atoms with Crippen LogP contribution in [0, 0.1) is 5.92 Å². The van der Waals surface area contributed by atoms with Crippen LogP contribution in [0.2, 0.25) is 0 Å². The molecular formula is C9H18N2O2. The van der Waals surface area contributed by atoms with E-state index in [9.17, 15) is 0 Å². The zero-order valence-electron chi connectivity index (χ0n) is 8.08. The average molecular weight is 186 g/mol. The van der Waals surface area contributed by atoms with E-state index in [1.54, 1.807) is 0 Å². The van der Waals surface area contributed by atoms with Crippen molar-refractivity contribution >= 4 is 0 Å². The van der Waals surface area contributed by atoms with E-state index >= 15 is 0 Å². The number of nitrogens with two attached hydrogens (primary N) is 1. The molecule has 0 aromatic heterocycles. The van der Waals surface area contributed by atoms with Gasteiger partial charge in [0.2, 0.25) is 0 Å². The SMILES string of the molecule is CC(N)C1CNCCC12OCCO2. The Morgan fingerprint density at radius 2 is 2.15 bits per heavy atom. The largest absolute Gasteiger partial charge is 0.347 e. The highest BCUT2D eigenvalue weighted by molar-refractivity contribution is 4.92. The van der Waals surface area contributed by atoms with Gasteiger partial charge < -0.3 is 20.5 Å². The summed E-state index contributed by atoms with van der Waals surface area (Å²) in [6.45, 7) is 5.30. The molecular weight excluding hydrogens is 168 g/mol. The average Bonchev–Trinajstić information content (AvgIpc) is 2.54.